The van der Waals surface area contributed by atoms with Gasteiger partial charge < -0.3 is 20.2 Å². The molecule has 0 saturated heterocycles. The second-order valence-electron chi connectivity index (χ2n) is 3.80. The number of rotatable bonds is 4. The standard InChI is InChI=1S/C12H13FN4O2/c1-19-9-4-2-3-8(10(9)13)7-17-6-5-15-12(17)11(14)16-18/h2-6,18H,7H2,1H3,(H2,14,16). The molecule has 19 heavy (non-hydrogen) atoms. The fourth-order valence-corrected chi connectivity index (χ4v) is 1.73. The summed E-state index contributed by atoms with van der Waals surface area (Å²) >= 11 is 0. The lowest BCUT2D eigenvalue weighted by Crippen LogP contribution is -2.20. The Morgan fingerprint density at radius 2 is 2.37 bits per heavy atom. The van der Waals surface area contributed by atoms with Gasteiger partial charge in [-0.3, -0.25) is 0 Å². The Morgan fingerprint density at radius 1 is 1.58 bits per heavy atom. The van der Waals surface area contributed by atoms with Gasteiger partial charge in [0.05, 0.1) is 13.7 Å². The van der Waals surface area contributed by atoms with E-state index in [2.05, 4.69) is 10.1 Å². The number of nitrogens with zero attached hydrogens (tertiary/aromatic N) is 3. The van der Waals surface area contributed by atoms with Crippen LogP contribution in [0.2, 0.25) is 0 Å². The van der Waals surface area contributed by atoms with Gasteiger partial charge in [-0.05, 0) is 6.07 Å². The second kappa shape index (κ2) is 5.38. The number of oxime groups is 1. The Labute approximate surface area is 108 Å². The lowest BCUT2D eigenvalue weighted by Gasteiger charge is -2.10. The first-order valence-electron chi connectivity index (χ1n) is 5.47. The molecule has 0 radical (unpaired) electrons. The van der Waals surface area contributed by atoms with Crippen molar-refractivity contribution in [3.05, 3.63) is 47.8 Å². The summed E-state index contributed by atoms with van der Waals surface area (Å²) in [5.74, 6) is -0.134. The van der Waals surface area contributed by atoms with E-state index in [4.69, 9.17) is 15.7 Å². The number of ether oxygens (including phenoxy) is 1. The van der Waals surface area contributed by atoms with Crippen molar-refractivity contribution < 1.29 is 14.3 Å². The summed E-state index contributed by atoms with van der Waals surface area (Å²) in [6, 6.07) is 4.86. The van der Waals surface area contributed by atoms with Crippen LogP contribution in [0.5, 0.6) is 5.75 Å². The van der Waals surface area contributed by atoms with Gasteiger partial charge in [0.1, 0.15) is 0 Å². The van der Waals surface area contributed by atoms with Crippen molar-refractivity contribution in [1.29, 1.82) is 0 Å². The summed E-state index contributed by atoms with van der Waals surface area (Å²) in [6.45, 7) is 0.203. The Hall–Kier alpha value is -2.57. The Kier molecular flexibility index (Phi) is 3.65. The predicted octanol–water partition coefficient (Wildman–Crippen LogP) is 1.17. The maximum Gasteiger partial charge on any atom is 0.206 e. The normalized spacial score (nSPS) is 11.6. The van der Waals surface area contributed by atoms with E-state index in [0.717, 1.165) is 0 Å². The van der Waals surface area contributed by atoms with E-state index in [1.165, 1.54) is 19.4 Å². The fourth-order valence-electron chi connectivity index (χ4n) is 1.73. The molecule has 1 aromatic carbocycles. The Balaban J connectivity index is 2.35. The number of benzene rings is 1. The van der Waals surface area contributed by atoms with Gasteiger partial charge >= 0.3 is 0 Å². The first-order valence-corrected chi connectivity index (χ1v) is 5.47. The molecule has 100 valence electrons. The van der Waals surface area contributed by atoms with Gasteiger partial charge in [0.25, 0.3) is 0 Å². The summed E-state index contributed by atoms with van der Waals surface area (Å²) in [5.41, 5.74) is 5.91. The molecule has 0 bridgehead atoms. The zero-order valence-electron chi connectivity index (χ0n) is 10.2. The average molecular weight is 264 g/mol. The van der Waals surface area contributed by atoms with E-state index in [1.54, 1.807) is 22.9 Å². The van der Waals surface area contributed by atoms with Crippen LogP contribution in [0.4, 0.5) is 4.39 Å². The number of hydrogen-bond acceptors (Lipinski definition) is 4. The molecule has 0 aliphatic carbocycles. The Morgan fingerprint density at radius 3 is 3.05 bits per heavy atom. The van der Waals surface area contributed by atoms with Crippen molar-refractivity contribution in [1.82, 2.24) is 9.55 Å². The van der Waals surface area contributed by atoms with Crippen molar-refractivity contribution in [3.8, 4) is 5.75 Å². The number of aromatic nitrogens is 2. The molecule has 2 rings (SSSR count). The molecule has 0 saturated carbocycles. The smallest absolute Gasteiger partial charge is 0.206 e. The predicted molar refractivity (Wildman–Crippen MR) is 66.8 cm³/mol. The van der Waals surface area contributed by atoms with E-state index in [9.17, 15) is 4.39 Å². The van der Waals surface area contributed by atoms with E-state index in [0.29, 0.717) is 5.56 Å². The lowest BCUT2D eigenvalue weighted by atomic mass is 10.2. The van der Waals surface area contributed by atoms with Crippen molar-refractivity contribution in [2.75, 3.05) is 7.11 Å². The van der Waals surface area contributed by atoms with Crippen LogP contribution in [0.15, 0.2) is 35.7 Å². The van der Waals surface area contributed by atoms with Crippen molar-refractivity contribution >= 4 is 5.84 Å². The minimum atomic E-state index is -0.441. The van der Waals surface area contributed by atoms with E-state index in [-0.39, 0.29) is 24.0 Å². The third kappa shape index (κ3) is 2.49. The highest BCUT2D eigenvalue weighted by molar-refractivity contribution is 5.93. The molecule has 3 N–H and O–H groups in total. The minimum Gasteiger partial charge on any atom is -0.494 e. The van der Waals surface area contributed by atoms with Crippen LogP contribution in [0.25, 0.3) is 0 Å². The van der Waals surface area contributed by atoms with E-state index in [1.807, 2.05) is 0 Å². The number of amidine groups is 1. The summed E-state index contributed by atoms with van der Waals surface area (Å²) in [4.78, 5) is 3.95. The van der Waals surface area contributed by atoms with Gasteiger partial charge in [-0.25, -0.2) is 9.37 Å². The van der Waals surface area contributed by atoms with Crippen molar-refractivity contribution in [2.45, 2.75) is 6.54 Å². The topological polar surface area (TPSA) is 85.7 Å². The average Bonchev–Trinajstić information content (AvgIpc) is 2.88. The molecule has 6 nitrogen and oxygen atoms in total. The molecule has 0 atom stereocenters. The molecular weight excluding hydrogens is 251 g/mol. The van der Waals surface area contributed by atoms with Crippen LogP contribution in [0, 0.1) is 5.82 Å². The van der Waals surface area contributed by atoms with Gasteiger partial charge in [0.15, 0.2) is 17.4 Å². The molecule has 0 unspecified atom stereocenters. The molecule has 0 spiro atoms. The molecule has 0 amide bonds. The van der Waals surface area contributed by atoms with E-state index >= 15 is 0 Å². The van der Waals surface area contributed by atoms with Gasteiger partial charge in [0, 0.05) is 18.0 Å². The minimum absolute atomic E-state index is 0.131. The summed E-state index contributed by atoms with van der Waals surface area (Å²) in [7, 11) is 1.40. The molecule has 1 heterocycles. The van der Waals surface area contributed by atoms with Crippen LogP contribution >= 0.6 is 0 Å². The maximum atomic E-state index is 14.0. The SMILES string of the molecule is COc1cccc(Cn2ccnc2/C(N)=N/O)c1F. The first kappa shape index (κ1) is 12.9. The third-order valence-corrected chi connectivity index (χ3v) is 2.66. The van der Waals surface area contributed by atoms with Gasteiger partial charge in [0.2, 0.25) is 5.84 Å². The molecule has 0 fully saturated rings. The van der Waals surface area contributed by atoms with Crippen LogP contribution in [0.3, 0.4) is 0 Å². The largest absolute Gasteiger partial charge is 0.494 e. The zero-order valence-corrected chi connectivity index (χ0v) is 10.2. The van der Waals surface area contributed by atoms with Crippen LogP contribution in [-0.2, 0) is 6.54 Å². The lowest BCUT2D eigenvalue weighted by molar-refractivity contribution is 0.318. The Bertz CT molecular complexity index is 610. The molecule has 0 aliphatic heterocycles. The molecule has 0 aliphatic rings. The van der Waals surface area contributed by atoms with Crippen LogP contribution < -0.4 is 10.5 Å². The quantitative estimate of drug-likeness (QED) is 0.376. The van der Waals surface area contributed by atoms with Crippen LogP contribution in [0.1, 0.15) is 11.4 Å². The number of methoxy groups -OCH3 is 1. The highest BCUT2D eigenvalue weighted by Gasteiger charge is 2.12. The summed E-state index contributed by atoms with van der Waals surface area (Å²) < 4.78 is 20.5. The zero-order chi connectivity index (χ0) is 13.8. The number of halogens is 1. The van der Waals surface area contributed by atoms with Gasteiger partial charge in [-0.1, -0.05) is 17.3 Å². The highest BCUT2D eigenvalue weighted by Crippen LogP contribution is 2.21. The fraction of sp³-hybridized carbons (Fsp3) is 0.167. The maximum absolute atomic E-state index is 14.0. The summed E-state index contributed by atoms with van der Waals surface area (Å²) in [6.07, 6.45) is 3.11. The number of imidazole rings is 1. The third-order valence-electron chi connectivity index (χ3n) is 2.66. The van der Waals surface area contributed by atoms with Crippen molar-refractivity contribution in [2.24, 2.45) is 10.9 Å². The van der Waals surface area contributed by atoms with Gasteiger partial charge in [-0.15, -0.1) is 0 Å². The van der Waals surface area contributed by atoms with Crippen molar-refractivity contribution in [3.63, 3.8) is 0 Å². The van der Waals surface area contributed by atoms with E-state index < -0.39 is 5.82 Å². The van der Waals surface area contributed by atoms with Crippen LogP contribution in [-0.4, -0.2) is 27.7 Å². The first-order chi connectivity index (χ1) is 9.17. The van der Waals surface area contributed by atoms with Gasteiger partial charge in [-0.2, -0.15) is 0 Å². The molecule has 2 aromatic rings. The monoisotopic (exact) mass is 264 g/mol. The molecular formula is C12H13FN4O2. The second-order valence-corrected chi connectivity index (χ2v) is 3.80. The highest BCUT2D eigenvalue weighted by atomic mass is 19.1. The summed E-state index contributed by atoms with van der Waals surface area (Å²) in [5, 5.41) is 11.5. The molecule has 7 heteroatoms. The number of hydrogen-bond donors (Lipinski definition) is 2. The molecule has 1 aromatic heterocycles. The number of nitrogens with two attached hydrogens (primary N) is 1.